The summed E-state index contributed by atoms with van der Waals surface area (Å²) in [5, 5.41) is 12.9. The van der Waals surface area contributed by atoms with E-state index in [1.807, 2.05) is 24.3 Å². The topological polar surface area (TPSA) is 32.3 Å². The molecule has 112 valence electrons. The van der Waals surface area contributed by atoms with Crippen LogP contribution >= 0.6 is 0 Å². The third-order valence-electron chi connectivity index (χ3n) is 3.72. The number of nitrogens with one attached hydrogen (secondary N) is 1. The Morgan fingerprint density at radius 3 is 1.90 bits per heavy atom. The summed E-state index contributed by atoms with van der Waals surface area (Å²) in [5.41, 5.74) is 2.19. The highest BCUT2D eigenvalue weighted by Crippen LogP contribution is 2.26. The lowest BCUT2D eigenvalue weighted by atomic mass is 9.94. The molecule has 2 N–H and O–H groups in total. The number of benzene rings is 2. The highest BCUT2D eigenvalue weighted by Gasteiger charge is 2.18. The molecule has 0 radical (unpaired) electrons. The molecular formula is C18H22FNO. The minimum absolute atomic E-state index is 0.142. The van der Waals surface area contributed by atoms with Gasteiger partial charge < -0.3 is 10.4 Å². The maximum atomic E-state index is 13.1. The third kappa shape index (κ3) is 4.05. The van der Waals surface area contributed by atoms with Gasteiger partial charge in [0, 0.05) is 12.1 Å². The van der Waals surface area contributed by atoms with Crippen molar-refractivity contribution in [1.29, 1.82) is 0 Å². The number of hydrogen-bond acceptors (Lipinski definition) is 2. The van der Waals surface area contributed by atoms with Gasteiger partial charge in [0.25, 0.3) is 0 Å². The first-order valence-corrected chi connectivity index (χ1v) is 7.28. The van der Waals surface area contributed by atoms with Crippen molar-refractivity contribution in [2.45, 2.75) is 32.9 Å². The van der Waals surface area contributed by atoms with Gasteiger partial charge in [0.1, 0.15) is 11.6 Å². The molecule has 0 bridgehead atoms. The van der Waals surface area contributed by atoms with Gasteiger partial charge in [-0.1, -0.05) is 38.1 Å². The normalized spacial score (nSPS) is 14.1. The molecule has 2 aromatic carbocycles. The average Bonchev–Trinajstić information content (AvgIpc) is 2.46. The van der Waals surface area contributed by atoms with E-state index in [2.05, 4.69) is 26.1 Å². The second-order valence-electron chi connectivity index (χ2n) is 5.75. The van der Waals surface area contributed by atoms with Crippen molar-refractivity contribution in [2.24, 2.45) is 5.92 Å². The molecular weight excluding hydrogens is 265 g/mol. The maximum Gasteiger partial charge on any atom is 0.123 e. The number of rotatable bonds is 5. The summed E-state index contributed by atoms with van der Waals surface area (Å²) in [4.78, 5) is 0. The maximum absolute atomic E-state index is 13.1. The van der Waals surface area contributed by atoms with Crippen LogP contribution in [0.15, 0.2) is 48.5 Å². The molecule has 0 spiro atoms. The van der Waals surface area contributed by atoms with Gasteiger partial charge >= 0.3 is 0 Å². The molecule has 0 aliphatic carbocycles. The first-order chi connectivity index (χ1) is 9.97. The largest absolute Gasteiger partial charge is 0.508 e. The van der Waals surface area contributed by atoms with E-state index in [9.17, 15) is 9.50 Å². The molecule has 2 unspecified atom stereocenters. The highest BCUT2D eigenvalue weighted by atomic mass is 19.1. The van der Waals surface area contributed by atoms with Crippen molar-refractivity contribution >= 4 is 0 Å². The zero-order valence-corrected chi connectivity index (χ0v) is 12.7. The molecule has 21 heavy (non-hydrogen) atoms. The summed E-state index contributed by atoms with van der Waals surface area (Å²) in [7, 11) is 0. The molecule has 2 nitrogen and oxygen atoms in total. The van der Waals surface area contributed by atoms with E-state index in [1.165, 1.54) is 12.1 Å². The van der Waals surface area contributed by atoms with E-state index >= 15 is 0 Å². The lowest BCUT2D eigenvalue weighted by Crippen LogP contribution is -2.28. The second kappa shape index (κ2) is 6.72. The van der Waals surface area contributed by atoms with Gasteiger partial charge in [0.2, 0.25) is 0 Å². The van der Waals surface area contributed by atoms with Crippen molar-refractivity contribution in [3.8, 4) is 5.75 Å². The predicted molar refractivity (Wildman–Crippen MR) is 83.6 cm³/mol. The van der Waals surface area contributed by atoms with E-state index in [1.54, 1.807) is 12.1 Å². The van der Waals surface area contributed by atoms with Crippen LogP contribution in [-0.2, 0) is 0 Å². The van der Waals surface area contributed by atoms with E-state index in [0.29, 0.717) is 5.92 Å². The predicted octanol–water partition coefficient (Wildman–Crippen LogP) is 4.58. The second-order valence-corrected chi connectivity index (χ2v) is 5.75. The Kier molecular flexibility index (Phi) is 4.97. The van der Waals surface area contributed by atoms with Crippen LogP contribution in [0, 0.1) is 11.7 Å². The average molecular weight is 287 g/mol. The SMILES string of the molecule is CC(NC(c1ccc(F)cc1)C(C)C)c1ccc(O)cc1. The first-order valence-electron chi connectivity index (χ1n) is 7.28. The van der Waals surface area contributed by atoms with Gasteiger partial charge in [0.05, 0.1) is 0 Å². The van der Waals surface area contributed by atoms with Crippen LogP contribution in [-0.4, -0.2) is 5.11 Å². The lowest BCUT2D eigenvalue weighted by molar-refractivity contribution is 0.374. The Labute approximate surface area is 125 Å². The zero-order valence-electron chi connectivity index (χ0n) is 12.7. The number of hydrogen-bond donors (Lipinski definition) is 2. The molecule has 0 heterocycles. The lowest BCUT2D eigenvalue weighted by Gasteiger charge is -2.27. The molecule has 0 amide bonds. The van der Waals surface area contributed by atoms with Gasteiger partial charge in [0.15, 0.2) is 0 Å². The Morgan fingerprint density at radius 2 is 1.38 bits per heavy atom. The van der Waals surface area contributed by atoms with Crippen LogP contribution < -0.4 is 5.32 Å². The van der Waals surface area contributed by atoms with E-state index in [0.717, 1.165) is 11.1 Å². The van der Waals surface area contributed by atoms with Crippen molar-refractivity contribution in [1.82, 2.24) is 5.32 Å². The molecule has 0 saturated heterocycles. The first kappa shape index (κ1) is 15.5. The van der Waals surface area contributed by atoms with Gasteiger partial charge in [-0.2, -0.15) is 0 Å². The molecule has 2 aromatic rings. The fraction of sp³-hybridized carbons (Fsp3) is 0.333. The Hall–Kier alpha value is -1.87. The summed E-state index contributed by atoms with van der Waals surface area (Å²) < 4.78 is 13.1. The van der Waals surface area contributed by atoms with Crippen LogP contribution in [0.25, 0.3) is 0 Å². The molecule has 0 aliphatic rings. The zero-order chi connectivity index (χ0) is 15.4. The molecule has 0 aromatic heterocycles. The molecule has 0 saturated carbocycles. The smallest absolute Gasteiger partial charge is 0.123 e. The van der Waals surface area contributed by atoms with Crippen LogP contribution in [0.4, 0.5) is 4.39 Å². The van der Waals surface area contributed by atoms with Crippen molar-refractivity contribution < 1.29 is 9.50 Å². The summed E-state index contributed by atoms with van der Waals surface area (Å²) in [6, 6.07) is 14.1. The van der Waals surface area contributed by atoms with Gasteiger partial charge in [-0.25, -0.2) is 4.39 Å². The Balaban J connectivity index is 2.16. The van der Waals surface area contributed by atoms with E-state index in [4.69, 9.17) is 0 Å². The number of phenols is 1. The van der Waals surface area contributed by atoms with Crippen LogP contribution in [0.5, 0.6) is 5.75 Å². The standard InChI is InChI=1S/C18H22FNO/c1-12(2)18(15-4-8-16(19)9-5-15)20-13(3)14-6-10-17(21)11-7-14/h4-13,18,20-21H,1-3H3. The molecule has 0 aliphatic heterocycles. The van der Waals surface area contributed by atoms with Crippen LogP contribution in [0.1, 0.15) is 44.0 Å². The molecule has 2 atom stereocenters. The van der Waals surface area contributed by atoms with Gasteiger partial charge in [-0.3, -0.25) is 0 Å². The van der Waals surface area contributed by atoms with Crippen molar-refractivity contribution in [3.63, 3.8) is 0 Å². The summed E-state index contributed by atoms with van der Waals surface area (Å²) in [6.07, 6.45) is 0. The van der Waals surface area contributed by atoms with Gasteiger partial charge in [-0.05, 0) is 48.2 Å². The fourth-order valence-corrected chi connectivity index (χ4v) is 2.47. The van der Waals surface area contributed by atoms with Crippen LogP contribution in [0.3, 0.4) is 0 Å². The summed E-state index contributed by atoms with van der Waals surface area (Å²) >= 11 is 0. The summed E-state index contributed by atoms with van der Waals surface area (Å²) in [5.74, 6) is 0.438. The van der Waals surface area contributed by atoms with Crippen LogP contribution in [0.2, 0.25) is 0 Å². The third-order valence-corrected chi connectivity index (χ3v) is 3.72. The Bertz CT molecular complexity index is 563. The summed E-state index contributed by atoms with van der Waals surface area (Å²) in [6.45, 7) is 6.38. The molecule has 0 fully saturated rings. The number of halogens is 1. The minimum Gasteiger partial charge on any atom is -0.508 e. The highest BCUT2D eigenvalue weighted by molar-refractivity contribution is 5.28. The molecule has 2 rings (SSSR count). The van der Waals surface area contributed by atoms with E-state index < -0.39 is 0 Å². The van der Waals surface area contributed by atoms with Gasteiger partial charge in [-0.15, -0.1) is 0 Å². The van der Waals surface area contributed by atoms with Crippen molar-refractivity contribution in [3.05, 3.63) is 65.5 Å². The quantitative estimate of drug-likeness (QED) is 0.843. The number of aromatic hydroxyl groups is 1. The number of phenolic OH excluding ortho intramolecular Hbond substituents is 1. The monoisotopic (exact) mass is 287 g/mol. The minimum atomic E-state index is -0.215. The van der Waals surface area contributed by atoms with Crippen molar-refractivity contribution in [2.75, 3.05) is 0 Å². The van der Waals surface area contributed by atoms with E-state index in [-0.39, 0.29) is 23.7 Å². The fourth-order valence-electron chi connectivity index (χ4n) is 2.47. The molecule has 3 heteroatoms. The Morgan fingerprint density at radius 1 is 0.857 bits per heavy atom.